The van der Waals surface area contributed by atoms with Crippen LogP contribution in [0, 0.1) is 5.41 Å². The molecule has 4 nitrogen and oxygen atoms in total. The molecular weight excluding hydrogens is 376 g/mol. The fourth-order valence-corrected chi connectivity index (χ4v) is 4.24. The van der Waals surface area contributed by atoms with E-state index in [9.17, 15) is 9.59 Å². The first-order chi connectivity index (χ1) is 14.5. The Morgan fingerprint density at radius 1 is 0.733 bits per heavy atom. The van der Waals surface area contributed by atoms with Crippen molar-refractivity contribution in [2.75, 3.05) is 0 Å². The van der Waals surface area contributed by atoms with Crippen molar-refractivity contribution >= 4 is 11.9 Å². The third-order valence-corrected chi connectivity index (χ3v) is 6.04. The second-order valence-corrected chi connectivity index (χ2v) is 7.66. The average Bonchev–Trinajstić information content (AvgIpc) is 2.80. The summed E-state index contributed by atoms with van der Waals surface area (Å²) in [6.07, 6.45) is 3.06. The van der Waals surface area contributed by atoms with E-state index >= 15 is 0 Å². The van der Waals surface area contributed by atoms with Gasteiger partial charge in [0.25, 0.3) is 0 Å². The lowest BCUT2D eigenvalue weighted by atomic mass is 9.70. The van der Waals surface area contributed by atoms with Gasteiger partial charge in [-0.1, -0.05) is 70.5 Å². The lowest BCUT2D eigenvalue weighted by Crippen LogP contribution is -2.48. The first-order valence-electron chi connectivity index (χ1n) is 11.0. The summed E-state index contributed by atoms with van der Waals surface area (Å²) in [5.74, 6) is -0.664. The Bertz CT molecular complexity index is 781. The third kappa shape index (κ3) is 5.50. The predicted molar refractivity (Wildman–Crippen MR) is 120 cm³/mol. The van der Waals surface area contributed by atoms with Crippen LogP contribution in [0.4, 0.5) is 0 Å². The fraction of sp³-hybridized carbons (Fsp3) is 0.462. The van der Waals surface area contributed by atoms with Crippen LogP contribution in [-0.4, -0.2) is 24.1 Å². The molecule has 2 atom stereocenters. The normalized spacial score (nSPS) is 13.3. The number of ether oxygens (including phenoxy) is 2. The van der Waals surface area contributed by atoms with E-state index < -0.39 is 5.41 Å². The van der Waals surface area contributed by atoms with E-state index in [2.05, 4.69) is 20.8 Å². The van der Waals surface area contributed by atoms with Gasteiger partial charge in [-0.15, -0.1) is 0 Å². The highest BCUT2D eigenvalue weighted by molar-refractivity contribution is 5.90. The van der Waals surface area contributed by atoms with Gasteiger partial charge in [0.05, 0.1) is 11.1 Å². The van der Waals surface area contributed by atoms with Gasteiger partial charge in [0.1, 0.15) is 12.2 Å². The Morgan fingerprint density at radius 2 is 1.17 bits per heavy atom. The number of carbonyl (C=O) groups excluding carboxylic acids is 2. The minimum atomic E-state index is -0.445. The molecule has 0 aliphatic heterocycles. The molecule has 2 unspecified atom stereocenters. The van der Waals surface area contributed by atoms with Crippen molar-refractivity contribution in [3.63, 3.8) is 0 Å². The van der Waals surface area contributed by atoms with Crippen LogP contribution in [0.3, 0.4) is 0 Å². The number of benzene rings is 2. The zero-order chi connectivity index (χ0) is 22.0. The minimum absolute atomic E-state index is 0.329. The van der Waals surface area contributed by atoms with Crippen molar-refractivity contribution in [2.45, 2.75) is 72.0 Å². The summed E-state index contributed by atoms with van der Waals surface area (Å²) >= 11 is 0. The topological polar surface area (TPSA) is 52.6 Å². The van der Waals surface area contributed by atoms with Crippen LogP contribution in [-0.2, 0) is 9.47 Å². The molecule has 0 fully saturated rings. The Labute approximate surface area is 180 Å². The zero-order valence-corrected chi connectivity index (χ0v) is 18.6. The first-order valence-corrected chi connectivity index (χ1v) is 11.0. The summed E-state index contributed by atoms with van der Waals surface area (Å²) in [6, 6.07) is 18.1. The second-order valence-electron chi connectivity index (χ2n) is 7.66. The van der Waals surface area contributed by atoms with Crippen molar-refractivity contribution in [1.29, 1.82) is 0 Å². The molecule has 2 aromatic carbocycles. The van der Waals surface area contributed by atoms with Crippen LogP contribution in [0.15, 0.2) is 60.7 Å². The van der Waals surface area contributed by atoms with E-state index in [0.717, 1.165) is 25.7 Å². The van der Waals surface area contributed by atoms with Crippen LogP contribution >= 0.6 is 0 Å². The van der Waals surface area contributed by atoms with Gasteiger partial charge >= 0.3 is 11.9 Å². The number of hydrogen-bond donors (Lipinski definition) is 0. The summed E-state index contributed by atoms with van der Waals surface area (Å²) in [5.41, 5.74) is 0.624. The fourth-order valence-electron chi connectivity index (χ4n) is 4.24. The molecular formula is C26H34O4. The Morgan fingerprint density at radius 3 is 1.53 bits per heavy atom. The molecule has 2 aromatic rings. The van der Waals surface area contributed by atoms with E-state index in [-0.39, 0.29) is 24.1 Å². The molecule has 0 N–H and O–H groups in total. The molecule has 30 heavy (non-hydrogen) atoms. The molecule has 0 aliphatic carbocycles. The Kier molecular flexibility index (Phi) is 9.10. The summed E-state index contributed by atoms with van der Waals surface area (Å²) in [6.45, 7) is 8.27. The number of carbonyl (C=O) groups is 2. The van der Waals surface area contributed by atoms with E-state index in [1.165, 1.54) is 0 Å². The summed E-state index contributed by atoms with van der Waals surface area (Å²) < 4.78 is 12.1. The third-order valence-electron chi connectivity index (χ3n) is 6.04. The Hall–Kier alpha value is -2.62. The molecule has 0 spiro atoms. The van der Waals surface area contributed by atoms with E-state index in [4.69, 9.17) is 9.47 Å². The smallest absolute Gasteiger partial charge is 0.338 e. The number of hydrogen-bond acceptors (Lipinski definition) is 4. The maximum Gasteiger partial charge on any atom is 0.338 e. The lowest BCUT2D eigenvalue weighted by molar-refractivity contribution is -0.0969. The minimum Gasteiger partial charge on any atom is -0.458 e. The van der Waals surface area contributed by atoms with Crippen molar-refractivity contribution in [2.24, 2.45) is 5.41 Å². The van der Waals surface area contributed by atoms with Gasteiger partial charge in [0.2, 0.25) is 0 Å². The zero-order valence-electron chi connectivity index (χ0n) is 18.6. The van der Waals surface area contributed by atoms with E-state index in [0.29, 0.717) is 17.5 Å². The summed E-state index contributed by atoms with van der Waals surface area (Å²) in [4.78, 5) is 25.6. The van der Waals surface area contributed by atoms with Crippen LogP contribution in [0.5, 0.6) is 0 Å². The molecule has 0 saturated carbocycles. The van der Waals surface area contributed by atoms with Crippen molar-refractivity contribution in [3.8, 4) is 0 Å². The molecule has 2 rings (SSSR count). The number of esters is 2. The highest BCUT2D eigenvalue weighted by atomic mass is 16.6. The highest BCUT2D eigenvalue weighted by Crippen LogP contribution is 2.42. The van der Waals surface area contributed by atoms with Gasteiger partial charge in [-0.05, 0) is 49.9 Å². The summed E-state index contributed by atoms with van der Waals surface area (Å²) in [7, 11) is 0. The van der Waals surface area contributed by atoms with Crippen molar-refractivity contribution in [3.05, 3.63) is 71.8 Å². The molecule has 0 bridgehead atoms. The Balaban J connectivity index is 2.31. The van der Waals surface area contributed by atoms with Crippen LogP contribution in [0.1, 0.15) is 80.5 Å². The van der Waals surface area contributed by atoms with E-state index in [1.54, 1.807) is 24.3 Å². The molecule has 0 aromatic heterocycles. The molecule has 0 amide bonds. The monoisotopic (exact) mass is 410 g/mol. The van der Waals surface area contributed by atoms with Gasteiger partial charge in [-0.25, -0.2) is 9.59 Å². The van der Waals surface area contributed by atoms with Crippen LogP contribution in [0.25, 0.3) is 0 Å². The van der Waals surface area contributed by atoms with Crippen LogP contribution in [0.2, 0.25) is 0 Å². The second kappa shape index (κ2) is 11.5. The van der Waals surface area contributed by atoms with Crippen molar-refractivity contribution < 1.29 is 19.1 Å². The quantitative estimate of drug-likeness (QED) is 0.399. The molecule has 0 radical (unpaired) electrons. The molecule has 162 valence electrons. The predicted octanol–water partition coefficient (Wildman–Crippen LogP) is 6.45. The van der Waals surface area contributed by atoms with Gasteiger partial charge in [0.15, 0.2) is 0 Å². The van der Waals surface area contributed by atoms with E-state index in [1.807, 2.05) is 43.3 Å². The largest absolute Gasteiger partial charge is 0.458 e. The number of rotatable bonds is 11. The average molecular weight is 411 g/mol. The lowest BCUT2D eigenvalue weighted by Gasteiger charge is -2.44. The van der Waals surface area contributed by atoms with Gasteiger partial charge in [0, 0.05) is 5.41 Å². The maximum absolute atomic E-state index is 12.8. The molecule has 0 aliphatic rings. The van der Waals surface area contributed by atoms with Crippen LogP contribution < -0.4 is 0 Å². The first kappa shape index (κ1) is 23.7. The summed E-state index contributed by atoms with van der Waals surface area (Å²) in [5, 5.41) is 0. The van der Waals surface area contributed by atoms with Gasteiger partial charge in [-0.2, -0.15) is 0 Å². The molecule has 4 heteroatoms. The molecule has 0 heterocycles. The van der Waals surface area contributed by atoms with Crippen molar-refractivity contribution in [1.82, 2.24) is 0 Å². The standard InChI is InChI=1S/C26H34O4/c1-5-15-23(30-25(28)21-18-13-10-14-19-21)26(7-3,8-4)22(6-2)29-24(27)20-16-11-9-12-17-20/h9-14,16-19,22-23H,5-8,15H2,1-4H3. The maximum atomic E-state index is 12.8. The molecule has 0 saturated heterocycles. The SMILES string of the molecule is CCCC(OC(=O)c1ccccc1)C(CC)(CC)C(CC)OC(=O)c1ccccc1. The van der Waals surface area contributed by atoms with Gasteiger partial charge in [-0.3, -0.25) is 0 Å². The highest BCUT2D eigenvalue weighted by Gasteiger charge is 2.46. The van der Waals surface area contributed by atoms with Gasteiger partial charge < -0.3 is 9.47 Å².